The lowest BCUT2D eigenvalue weighted by Crippen LogP contribution is -2.26. The number of aromatic nitrogens is 2. The number of carbonyl (C=O) groups excluding carboxylic acids is 1. The highest BCUT2D eigenvalue weighted by atomic mass is 32.1. The number of thiazole rings is 1. The van der Waals surface area contributed by atoms with Gasteiger partial charge in [0.15, 0.2) is 5.58 Å². The number of aryl methyl sites for hydroxylation is 1. The smallest absolute Gasteiger partial charge is 0.434 e. The largest absolute Gasteiger partial charge is 0.442 e. The number of fused-ring (bicyclic) bond motifs is 2. The van der Waals surface area contributed by atoms with E-state index in [0.717, 1.165) is 15.2 Å². The molecule has 0 aliphatic rings. The Morgan fingerprint density at radius 3 is 2.52 bits per heavy atom. The molecule has 0 aliphatic carbocycles. The first kappa shape index (κ1) is 19.4. The Bertz CT molecular complexity index is 1090. The van der Waals surface area contributed by atoms with Crippen molar-refractivity contribution >= 4 is 38.6 Å². The molecule has 29 heavy (non-hydrogen) atoms. The third-order valence-corrected chi connectivity index (χ3v) is 5.29. The second-order valence-corrected chi connectivity index (χ2v) is 7.48. The minimum absolute atomic E-state index is 0.164. The summed E-state index contributed by atoms with van der Waals surface area (Å²) < 4.78 is 51.1. The molecule has 0 saturated heterocycles. The van der Waals surface area contributed by atoms with E-state index in [2.05, 4.69) is 9.97 Å². The Morgan fingerprint density at radius 1 is 1.07 bits per heavy atom. The highest BCUT2D eigenvalue weighted by Crippen LogP contribution is 2.37. The fourth-order valence-corrected chi connectivity index (χ4v) is 3.87. The summed E-state index contributed by atoms with van der Waals surface area (Å²) in [4.78, 5) is 20.3. The monoisotopic (exact) mass is 420 g/mol. The maximum atomic E-state index is 13.4. The molecule has 9 heteroatoms. The third-order valence-electron chi connectivity index (χ3n) is 4.19. The van der Waals surface area contributed by atoms with Crippen LogP contribution in [0.3, 0.4) is 0 Å². The zero-order valence-corrected chi connectivity index (χ0v) is 15.8. The normalized spacial score (nSPS) is 13.1. The molecule has 4 rings (SSSR count). The molecule has 0 bridgehead atoms. The minimum Gasteiger partial charge on any atom is -0.442 e. The Balaban J connectivity index is 1.40. The van der Waals surface area contributed by atoms with E-state index in [0.29, 0.717) is 12.8 Å². The van der Waals surface area contributed by atoms with Gasteiger partial charge >= 0.3 is 12.1 Å². The molecule has 5 nitrogen and oxygen atoms in total. The molecular formula is C20H15F3N2O3S. The Hall–Kier alpha value is -2.94. The standard InChI is InChI=1S/C20H15F3N2O3S/c21-20(22,23)18(19-25-12-6-1-3-8-14(12)27-19)28-17(26)11-5-10-16-24-13-7-2-4-9-15(13)29-16/h1-4,6-9,18H,5,10-11H2/t18-/m0/s1. The molecule has 2 heterocycles. The van der Waals surface area contributed by atoms with Crippen molar-refractivity contribution in [3.63, 3.8) is 0 Å². The van der Waals surface area contributed by atoms with Gasteiger partial charge in [0.1, 0.15) is 5.52 Å². The van der Waals surface area contributed by atoms with Crippen LogP contribution in [-0.2, 0) is 16.0 Å². The van der Waals surface area contributed by atoms with Crippen LogP contribution in [0.2, 0.25) is 0 Å². The highest BCUT2D eigenvalue weighted by molar-refractivity contribution is 7.18. The van der Waals surface area contributed by atoms with Gasteiger partial charge in [0.05, 0.1) is 15.2 Å². The Morgan fingerprint density at radius 2 is 1.79 bits per heavy atom. The number of hydrogen-bond donors (Lipinski definition) is 0. The second kappa shape index (κ2) is 7.82. The number of carbonyl (C=O) groups is 1. The number of nitrogens with zero attached hydrogens (tertiary/aromatic N) is 2. The number of hydrogen-bond acceptors (Lipinski definition) is 6. The van der Waals surface area contributed by atoms with Crippen molar-refractivity contribution in [3.05, 3.63) is 59.4 Å². The van der Waals surface area contributed by atoms with Crippen LogP contribution in [0.1, 0.15) is 29.8 Å². The number of alkyl halides is 3. The van der Waals surface area contributed by atoms with Crippen LogP contribution in [0.4, 0.5) is 13.2 Å². The third kappa shape index (κ3) is 4.40. The number of rotatable bonds is 6. The number of ether oxygens (including phenoxy) is 1. The predicted octanol–water partition coefficient (Wildman–Crippen LogP) is 5.61. The fraction of sp³-hybridized carbons (Fsp3) is 0.250. The number of halogens is 3. The van der Waals surface area contributed by atoms with Crippen molar-refractivity contribution in [2.45, 2.75) is 31.5 Å². The topological polar surface area (TPSA) is 65.2 Å². The zero-order valence-electron chi connectivity index (χ0n) is 15.0. The molecule has 2 aromatic carbocycles. The Kier molecular flexibility index (Phi) is 5.23. The average Bonchev–Trinajstić information content (AvgIpc) is 3.28. The minimum atomic E-state index is -4.83. The number of oxazole rings is 1. The van der Waals surface area contributed by atoms with E-state index in [-0.39, 0.29) is 17.5 Å². The van der Waals surface area contributed by atoms with E-state index in [9.17, 15) is 18.0 Å². The molecule has 4 aromatic rings. The molecule has 0 radical (unpaired) electrons. The molecule has 1 atom stereocenters. The maximum absolute atomic E-state index is 13.4. The molecule has 0 unspecified atom stereocenters. The summed E-state index contributed by atoms with van der Waals surface area (Å²) in [6.07, 6.45) is -6.72. The van der Waals surface area contributed by atoms with Gasteiger partial charge in [-0.25, -0.2) is 9.97 Å². The van der Waals surface area contributed by atoms with E-state index in [4.69, 9.17) is 9.15 Å². The van der Waals surface area contributed by atoms with Crippen molar-refractivity contribution in [2.24, 2.45) is 0 Å². The van der Waals surface area contributed by atoms with Crippen LogP contribution in [0.25, 0.3) is 21.3 Å². The molecule has 0 N–H and O–H groups in total. The summed E-state index contributed by atoms with van der Waals surface area (Å²) in [6, 6.07) is 13.9. The molecule has 0 fully saturated rings. The lowest BCUT2D eigenvalue weighted by Gasteiger charge is -2.17. The molecule has 2 aromatic heterocycles. The molecular weight excluding hydrogens is 405 g/mol. The van der Waals surface area contributed by atoms with Gasteiger partial charge in [-0.1, -0.05) is 24.3 Å². The van der Waals surface area contributed by atoms with Crippen LogP contribution < -0.4 is 0 Å². The van der Waals surface area contributed by atoms with E-state index < -0.39 is 24.1 Å². The van der Waals surface area contributed by atoms with Gasteiger partial charge in [-0.15, -0.1) is 11.3 Å². The second-order valence-electron chi connectivity index (χ2n) is 6.36. The van der Waals surface area contributed by atoms with Gasteiger partial charge in [-0.2, -0.15) is 13.2 Å². The van der Waals surface area contributed by atoms with E-state index in [1.165, 1.54) is 23.5 Å². The lowest BCUT2D eigenvalue weighted by atomic mass is 10.2. The summed E-state index contributed by atoms with van der Waals surface area (Å²) in [7, 11) is 0. The molecule has 0 spiro atoms. The first-order valence-corrected chi connectivity index (χ1v) is 9.68. The van der Waals surface area contributed by atoms with Gasteiger partial charge in [-0.3, -0.25) is 4.79 Å². The van der Waals surface area contributed by atoms with Crippen LogP contribution in [-0.4, -0.2) is 22.1 Å². The van der Waals surface area contributed by atoms with Crippen LogP contribution in [0.5, 0.6) is 0 Å². The molecule has 0 amide bonds. The van der Waals surface area contributed by atoms with Gasteiger partial charge in [0, 0.05) is 6.42 Å². The van der Waals surface area contributed by atoms with Crippen LogP contribution >= 0.6 is 11.3 Å². The van der Waals surface area contributed by atoms with Crippen LogP contribution in [0, 0.1) is 0 Å². The summed E-state index contributed by atoms with van der Waals surface area (Å²) in [5.41, 5.74) is 1.33. The van der Waals surface area contributed by atoms with E-state index in [1.807, 2.05) is 24.3 Å². The Labute approximate surface area is 167 Å². The van der Waals surface area contributed by atoms with Crippen LogP contribution in [0.15, 0.2) is 52.9 Å². The zero-order chi connectivity index (χ0) is 20.4. The molecule has 0 aliphatic heterocycles. The molecule has 150 valence electrons. The quantitative estimate of drug-likeness (QED) is 0.380. The maximum Gasteiger partial charge on any atom is 0.434 e. The number of para-hydroxylation sites is 3. The highest BCUT2D eigenvalue weighted by Gasteiger charge is 2.47. The van der Waals surface area contributed by atoms with Crippen molar-refractivity contribution in [2.75, 3.05) is 0 Å². The number of benzene rings is 2. The van der Waals surface area contributed by atoms with Crippen molar-refractivity contribution in [1.29, 1.82) is 0 Å². The first-order chi connectivity index (χ1) is 13.9. The summed E-state index contributed by atoms with van der Waals surface area (Å²) >= 11 is 1.50. The first-order valence-electron chi connectivity index (χ1n) is 8.86. The van der Waals surface area contributed by atoms with E-state index in [1.54, 1.807) is 12.1 Å². The van der Waals surface area contributed by atoms with Crippen molar-refractivity contribution in [1.82, 2.24) is 9.97 Å². The number of esters is 1. The predicted molar refractivity (Wildman–Crippen MR) is 101 cm³/mol. The lowest BCUT2D eigenvalue weighted by molar-refractivity contribution is -0.229. The summed E-state index contributed by atoms with van der Waals surface area (Å²) in [5, 5.41) is 0.824. The van der Waals surface area contributed by atoms with Crippen molar-refractivity contribution < 1.29 is 27.1 Å². The summed E-state index contributed by atoms with van der Waals surface area (Å²) in [6.45, 7) is 0. The summed E-state index contributed by atoms with van der Waals surface area (Å²) in [5.74, 6) is -1.64. The van der Waals surface area contributed by atoms with Crippen molar-refractivity contribution in [3.8, 4) is 0 Å². The van der Waals surface area contributed by atoms with E-state index >= 15 is 0 Å². The van der Waals surface area contributed by atoms with Gasteiger partial charge < -0.3 is 9.15 Å². The SMILES string of the molecule is O=C(CCCc1nc2ccccc2s1)O[C@@H](c1nc2ccccc2o1)C(F)(F)F. The fourth-order valence-electron chi connectivity index (χ4n) is 2.86. The average molecular weight is 420 g/mol. The van der Waals surface area contributed by atoms with Gasteiger partial charge in [-0.05, 0) is 37.1 Å². The van der Waals surface area contributed by atoms with Gasteiger partial charge in [0.2, 0.25) is 5.89 Å². The van der Waals surface area contributed by atoms with Gasteiger partial charge in [0.25, 0.3) is 6.10 Å². The molecule has 0 saturated carbocycles.